The van der Waals surface area contributed by atoms with E-state index in [2.05, 4.69) is 41.5 Å². The summed E-state index contributed by atoms with van der Waals surface area (Å²) in [5, 5.41) is 11.2. The number of carbonyl (C=O) groups is 1. The molecule has 0 saturated carbocycles. The van der Waals surface area contributed by atoms with Crippen molar-refractivity contribution in [1.29, 1.82) is 0 Å². The Morgan fingerprint density at radius 3 is 2.22 bits per heavy atom. The number of ketones is 1. The van der Waals surface area contributed by atoms with Crippen molar-refractivity contribution in [2.45, 2.75) is 95.9 Å². The molecule has 1 aromatic rings. The van der Waals surface area contributed by atoms with E-state index in [0.717, 1.165) is 0 Å². The van der Waals surface area contributed by atoms with Crippen molar-refractivity contribution >= 4 is 24.9 Å². The molecule has 2 aliphatic heterocycles. The quantitative estimate of drug-likeness (QED) is 0.409. The van der Waals surface area contributed by atoms with E-state index in [4.69, 9.17) is 13.9 Å². The number of carbonyl (C=O) groups excluding carboxylic acids is 1. The van der Waals surface area contributed by atoms with E-state index >= 15 is 0 Å². The molecule has 1 unspecified atom stereocenters. The smallest absolute Gasteiger partial charge is 0.210 e. The number of ether oxygens (including phenoxy) is 2. The van der Waals surface area contributed by atoms with Crippen LogP contribution in [0.2, 0.25) is 16.6 Å². The van der Waals surface area contributed by atoms with Crippen molar-refractivity contribution in [2.24, 2.45) is 0 Å². The summed E-state index contributed by atoms with van der Waals surface area (Å²) >= 11 is 0. The van der Waals surface area contributed by atoms with Crippen LogP contribution in [0.1, 0.15) is 77.2 Å². The van der Waals surface area contributed by atoms with Crippen LogP contribution in [0.25, 0.3) is 0 Å². The zero-order valence-corrected chi connectivity index (χ0v) is 22.5. The van der Waals surface area contributed by atoms with E-state index in [9.17, 15) is 14.1 Å². The van der Waals surface area contributed by atoms with Crippen molar-refractivity contribution in [3.63, 3.8) is 0 Å². The van der Waals surface area contributed by atoms with Crippen LogP contribution in [0.4, 0.5) is 0 Å². The Bertz CT molecular complexity index is 888. The number of benzene rings is 1. The fraction of sp³-hybridized carbons (Fsp3) is 0.708. The zero-order chi connectivity index (χ0) is 24.2. The van der Waals surface area contributed by atoms with Crippen LogP contribution in [0.5, 0.6) is 11.5 Å². The van der Waals surface area contributed by atoms with Gasteiger partial charge >= 0.3 is 0 Å². The molecule has 8 heteroatoms. The maximum absolute atomic E-state index is 12.6. The summed E-state index contributed by atoms with van der Waals surface area (Å²) in [6, 6.07) is 3.24. The molecule has 1 N–H and O–H groups in total. The molecule has 2 aliphatic rings. The average molecular weight is 483 g/mol. The maximum Gasteiger partial charge on any atom is 0.210 e. The van der Waals surface area contributed by atoms with Crippen LogP contribution < -0.4 is 4.74 Å². The lowest BCUT2D eigenvalue weighted by Gasteiger charge is -2.46. The molecule has 32 heavy (non-hydrogen) atoms. The van der Waals surface area contributed by atoms with Gasteiger partial charge in [0.25, 0.3) is 0 Å². The second kappa shape index (κ2) is 8.85. The van der Waals surface area contributed by atoms with Crippen molar-refractivity contribution in [2.75, 3.05) is 12.0 Å². The van der Waals surface area contributed by atoms with Gasteiger partial charge in [-0.15, -0.1) is 0 Å². The fourth-order valence-corrected chi connectivity index (χ4v) is 12.1. The highest BCUT2D eigenvalue weighted by Crippen LogP contribution is 2.57. The lowest BCUT2D eigenvalue weighted by molar-refractivity contribution is -0.117. The molecule has 0 aliphatic carbocycles. The zero-order valence-electron chi connectivity index (χ0n) is 20.7. The summed E-state index contributed by atoms with van der Waals surface area (Å²) in [6.07, 6.45) is 0.566. The Kier molecular flexibility index (Phi) is 7.03. The minimum Gasteiger partial charge on any atom is -0.507 e. The van der Waals surface area contributed by atoms with Gasteiger partial charge in [-0.1, -0.05) is 41.5 Å². The number of phenols is 1. The first-order valence-electron chi connectivity index (χ1n) is 11.4. The predicted molar refractivity (Wildman–Crippen MR) is 130 cm³/mol. The van der Waals surface area contributed by atoms with Crippen molar-refractivity contribution in [1.82, 2.24) is 0 Å². The Morgan fingerprint density at radius 2 is 1.72 bits per heavy atom. The number of hydrogen-bond acceptors (Lipinski definition) is 6. The average Bonchev–Trinajstić information content (AvgIpc) is 3.09. The molecule has 0 spiro atoms. The van der Waals surface area contributed by atoms with E-state index < -0.39 is 31.0 Å². The molecule has 1 saturated heterocycles. The van der Waals surface area contributed by atoms with E-state index in [-0.39, 0.29) is 34.9 Å². The van der Waals surface area contributed by atoms with Gasteiger partial charge in [-0.25, -0.2) is 0 Å². The van der Waals surface area contributed by atoms with Crippen LogP contribution in [0.15, 0.2) is 12.1 Å². The van der Waals surface area contributed by atoms with Gasteiger partial charge in [0.05, 0.1) is 28.9 Å². The monoisotopic (exact) mass is 482 g/mol. The van der Waals surface area contributed by atoms with Gasteiger partial charge in [0, 0.05) is 22.6 Å². The highest BCUT2D eigenvalue weighted by atomic mass is 32.2. The molecule has 0 bridgehead atoms. The summed E-state index contributed by atoms with van der Waals surface area (Å²) in [5.41, 5.74) is 1.28. The van der Waals surface area contributed by atoms with E-state index in [1.165, 1.54) is 6.26 Å². The number of fused-ring (bicyclic) bond motifs is 3. The van der Waals surface area contributed by atoms with Crippen molar-refractivity contribution in [3.05, 3.63) is 23.3 Å². The van der Waals surface area contributed by atoms with Gasteiger partial charge in [0.2, 0.25) is 14.6 Å². The Hall–Kier alpha value is -1.22. The summed E-state index contributed by atoms with van der Waals surface area (Å²) < 4.78 is 31.1. The van der Waals surface area contributed by atoms with Gasteiger partial charge in [-0.3, -0.25) is 9.00 Å². The summed E-state index contributed by atoms with van der Waals surface area (Å²) in [4.78, 5) is 12.6. The van der Waals surface area contributed by atoms with E-state index in [1.54, 1.807) is 12.1 Å². The van der Waals surface area contributed by atoms with Gasteiger partial charge < -0.3 is 19.0 Å². The van der Waals surface area contributed by atoms with Gasteiger partial charge in [0.15, 0.2) is 5.78 Å². The largest absolute Gasteiger partial charge is 0.507 e. The standard InChI is InChI=1S/C24H38O6SSi/c1-13(2)32(14(3)4,15(5)6)30-22-20-19-18(28-23(20)29-24(22,7)8)11-10-16(21(19)26)17(25)12-31(9)27/h10-11,13-15,20,22-23,26H,12H2,1-9H3/t20-,22-,23+,31?/m1/s1. The highest BCUT2D eigenvalue weighted by molar-refractivity contribution is 7.85. The van der Waals surface area contributed by atoms with Gasteiger partial charge in [0.1, 0.15) is 11.5 Å². The molecule has 0 amide bonds. The molecule has 1 fully saturated rings. The normalized spacial score (nSPS) is 25.2. The summed E-state index contributed by atoms with van der Waals surface area (Å²) in [6.45, 7) is 17.5. The summed E-state index contributed by atoms with van der Waals surface area (Å²) in [5.74, 6) is -0.413. The Labute approximate surface area is 195 Å². The minimum absolute atomic E-state index is 0.105. The van der Waals surface area contributed by atoms with Crippen LogP contribution in [-0.2, 0) is 20.0 Å². The second-order valence-electron chi connectivity index (χ2n) is 10.6. The third-order valence-electron chi connectivity index (χ3n) is 7.15. The minimum atomic E-state index is -2.26. The van der Waals surface area contributed by atoms with Crippen LogP contribution >= 0.6 is 0 Å². The van der Waals surface area contributed by atoms with Crippen molar-refractivity contribution < 1.29 is 28.0 Å². The van der Waals surface area contributed by atoms with Gasteiger partial charge in [-0.2, -0.15) is 0 Å². The molecule has 4 atom stereocenters. The molecular formula is C24H38O6SSi. The first kappa shape index (κ1) is 25.4. The number of aromatic hydroxyl groups is 1. The third kappa shape index (κ3) is 4.08. The first-order valence-corrected chi connectivity index (χ1v) is 15.3. The molecule has 1 aromatic carbocycles. The molecular weight excluding hydrogens is 444 g/mol. The molecule has 0 aromatic heterocycles. The number of Topliss-reactive ketones (excluding diaryl/α,β-unsaturated/α-hetero) is 1. The van der Waals surface area contributed by atoms with Gasteiger partial charge in [-0.05, 0) is 42.6 Å². The molecule has 2 heterocycles. The molecule has 6 nitrogen and oxygen atoms in total. The molecule has 180 valence electrons. The Morgan fingerprint density at radius 1 is 1.16 bits per heavy atom. The highest BCUT2D eigenvalue weighted by Gasteiger charge is 2.60. The van der Waals surface area contributed by atoms with E-state index in [1.807, 2.05) is 13.8 Å². The second-order valence-corrected chi connectivity index (χ2v) is 17.4. The number of hydrogen-bond donors (Lipinski definition) is 1. The predicted octanol–water partition coefficient (Wildman–Crippen LogP) is 5.13. The van der Waals surface area contributed by atoms with Crippen LogP contribution in [0.3, 0.4) is 0 Å². The Balaban J connectivity index is 2.09. The number of phenolic OH excluding ortho intramolecular Hbond substituents is 1. The third-order valence-corrected chi connectivity index (χ3v) is 13.9. The van der Waals surface area contributed by atoms with Crippen LogP contribution in [0, 0.1) is 0 Å². The summed E-state index contributed by atoms with van der Waals surface area (Å²) in [7, 11) is -3.55. The number of rotatable bonds is 8. The van der Waals surface area contributed by atoms with E-state index in [0.29, 0.717) is 27.9 Å². The first-order chi connectivity index (χ1) is 14.7. The molecule has 0 radical (unpaired) electrons. The molecule has 3 rings (SSSR count). The van der Waals surface area contributed by atoms with Crippen molar-refractivity contribution in [3.8, 4) is 11.5 Å². The topological polar surface area (TPSA) is 82.1 Å². The fourth-order valence-electron chi connectivity index (χ4n) is 5.87. The SMILES string of the molecule is CC(C)[Si](O[C@@H]1[C@H]2c3c(ccc(C(=O)CS(C)=O)c3O)O[C@H]2OC1(C)C)(C(C)C)C(C)C. The lowest BCUT2D eigenvalue weighted by Crippen LogP contribution is -2.54. The lowest BCUT2D eigenvalue weighted by atomic mass is 9.86. The maximum atomic E-state index is 12.6. The van der Waals surface area contributed by atoms with Crippen LogP contribution in [-0.4, -0.2) is 53.4 Å².